The van der Waals surface area contributed by atoms with Crippen LogP contribution in [0, 0.1) is 0 Å². The van der Waals surface area contributed by atoms with E-state index < -0.39 is 12.7 Å². The Labute approximate surface area is 96.2 Å². The molecule has 1 aromatic carbocycles. The minimum absolute atomic E-state index is 0. The Morgan fingerprint density at radius 3 is 2.73 bits per heavy atom. The van der Waals surface area contributed by atoms with Crippen LogP contribution in [0.3, 0.4) is 0 Å². The molecule has 0 bridgehead atoms. The van der Waals surface area contributed by atoms with Crippen molar-refractivity contribution < 1.29 is 9.68 Å². The van der Waals surface area contributed by atoms with Crippen molar-refractivity contribution in [3.05, 3.63) is 29.3 Å². The zero-order valence-electron chi connectivity index (χ0n) is 8.86. The molecule has 0 fully saturated rings. The summed E-state index contributed by atoms with van der Waals surface area (Å²) in [7, 11) is -0.813. The molecule has 3 N–H and O–H groups in total. The first kappa shape index (κ1) is 12.5. The highest BCUT2D eigenvalue weighted by Crippen LogP contribution is 2.31. The van der Waals surface area contributed by atoms with E-state index in [1.165, 1.54) is 0 Å². The Kier molecular flexibility index (Phi) is 3.46. The van der Waals surface area contributed by atoms with Crippen LogP contribution in [0.25, 0.3) is 0 Å². The van der Waals surface area contributed by atoms with Gasteiger partial charge in [-0.05, 0) is 30.4 Å². The zero-order valence-corrected chi connectivity index (χ0v) is 9.67. The Balaban J connectivity index is 0.00000112. The van der Waals surface area contributed by atoms with Crippen molar-refractivity contribution in [3.8, 4) is 0 Å². The summed E-state index contributed by atoms with van der Waals surface area (Å²) < 4.78 is 5.46. The number of fused-ring (bicyclic) bond motifs is 1. The van der Waals surface area contributed by atoms with E-state index in [2.05, 4.69) is 0 Å². The summed E-state index contributed by atoms with van der Waals surface area (Å²) in [6, 6.07) is 5.75. The molecule has 0 aliphatic carbocycles. The number of rotatable bonds is 1. The smallest absolute Gasteiger partial charge is 0.423 e. The highest BCUT2D eigenvalue weighted by atomic mass is 35.5. The molecule has 1 aliphatic rings. The maximum absolute atomic E-state index is 9.67. The first-order chi connectivity index (χ1) is 6.56. The first-order valence-corrected chi connectivity index (χ1v) is 4.74. The predicted octanol–water partition coefficient (Wildman–Crippen LogP) is 0.520. The molecule has 0 radical (unpaired) electrons. The van der Waals surface area contributed by atoms with Crippen molar-refractivity contribution >= 4 is 25.0 Å². The number of hydrogen-bond acceptors (Lipinski definition) is 3. The second-order valence-corrected chi connectivity index (χ2v) is 4.07. The molecule has 0 saturated heterocycles. The summed E-state index contributed by atoms with van der Waals surface area (Å²) in [6.07, 6.45) is 0. The summed E-state index contributed by atoms with van der Waals surface area (Å²) in [5, 5.41) is 9.67. The van der Waals surface area contributed by atoms with E-state index in [0.717, 1.165) is 16.6 Å². The van der Waals surface area contributed by atoms with Crippen LogP contribution in [0.2, 0.25) is 0 Å². The van der Waals surface area contributed by atoms with E-state index in [-0.39, 0.29) is 12.4 Å². The highest BCUT2D eigenvalue weighted by molar-refractivity contribution is 6.62. The fraction of sp³-hybridized carbons (Fsp3) is 0.400. The Bertz CT molecular complexity index is 370. The van der Waals surface area contributed by atoms with Gasteiger partial charge in [0.05, 0.1) is 5.60 Å². The Morgan fingerprint density at radius 1 is 1.47 bits per heavy atom. The molecule has 1 heterocycles. The van der Waals surface area contributed by atoms with Gasteiger partial charge in [0.25, 0.3) is 0 Å². The van der Waals surface area contributed by atoms with E-state index in [1.807, 2.05) is 32.0 Å². The monoisotopic (exact) mass is 227 g/mol. The third-order valence-corrected chi connectivity index (χ3v) is 2.68. The van der Waals surface area contributed by atoms with Gasteiger partial charge in [0, 0.05) is 6.54 Å². The van der Waals surface area contributed by atoms with E-state index in [9.17, 15) is 5.02 Å². The van der Waals surface area contributed by atoms with E-state index in [1.54, 1.807) is 0 Å². The second-order valence-electron chi connectivity index (χ2n) is 4.07. The minimum atomic E-state index is -0.813. The quantitative estimate of drug-likeness (QED) is 0.688. The molecule has 2 rings (SSSR count). The predicted molar refractivity (Wildman–Crippen MR) is 63.3 cm³/mol. The minimum Gasteiger partial charge on any atom is -0.423 e. The molecule has 15 heavy (non-hydrogen) atoms. The SMILES string of the molecule is CC1(C)OB(O)c2cccc(CN)c21.Cl. The van der Waals surface area contributed by atoms with Crippen molar-refractivity contribution in [2.75, 3.05) is 0 Å². The fourth-order valence-electron chi connectivity index (χ4n) is 2.13. The molecule has 0 saturated carbocycles. The van der Waals surface area contributed by atoms with Crippen LogP contribution in [0.4, 0.5) is 0 Å². The Hall–Kier alpha value is -0.545. The maximum atomic E-state index is 9.67. The fourth-order valence-corrected chi connectivity index (χ4v) is 2.13. The van der Waals surface area contributed by atoms with Crippen LogP contribution < -0.4 is 11.2 Å². The lowest BCUT2D eigenvalue weighted by Crippen LogP contribution is -2.28. The van der Waals surface area contributed by atoms with Crippen LogP contribution in [-0.2, 0) is 16.8 Å². The van der Waals surface area contributed by atoms with Crippen molar-refractivity contribution in [2.45, 2.75) is 26.0 Å². The third kappa shape index (κ3) is 1.90. The van der Waals surface area contributed by atoms with Crippen LogP contribution in [0.15, 0.2) is 18.2 Å². The van der Waals surface area contributed by atoms with Gasteiger partial charge in [-0.3, -0.25) is 0 Å². The van der Waals surface area contributed by atoms with Crippen molar-refractivity contribution in [3.63, 3.8) is 0 Å². The van der Waals surface area contributed by atoms with Gasteiger partial charge in [0.15, 0.2) is 0 Å². The van der Waals surface area contributed by atoms with Crippen LogP contribution in [-0.4, -0.2) is 12.1 Å². The topological polar surface area (TPSA) is 55.5 Å². The average molecular weight is 227 g/mol. The normalized spacial score (nSPS) is 17.2. The number of benzene rings is 1. The van der Waals surface area contributed by atoms with Crippen LogP contribution in [0.1, 0.15) is 25.0 Å². The number of nitrogens with two attached hydrogens (primary N) is 1. The maximum Gasteiger partial charge on any atom is 0.492 e. The van der Waals surface area contributed by atoms with Crippen LogP contribution >= 0.6 is 12.4 Å². The Morgan fingerprint density at radius 2 is 2.13 bits per heavy atom. The van der Waals surface area contributed by atoms with Crippen molar-refractivity contribution in [2.24, 2.45) is 5.73 Å². The third-order valence-electron chi connectivity index (χ3n) is 2.68. The largest absolute Gasteiger partial charge is 0.492 e. The van der Waals surface area contributed by atoms with E-state index >= 15 is 0 Å². The lowest BCUT2D eigenvalue weighted by atomic mass is 9.77. The lowest BCUT2D eigenvalue weighted by molar-refractivity contribution is 0.0999. The van der Waals surface area contributed by atoms with Gasteiger partial charge in [0.2, 0.25) is 0 Å². The van der Waals surface area contributed by atoms with Crippen LogP contribution in [0.5, 0.6) is 0 Å². The second kappa shape index (κ2) is 4.14. The number of hydrogen-bond donors (Lipinski definition) is 2. The summed E-state index contributed by atoms with van der Waals surface area (Å²) in [4.78, 5) is 0. The molecule has 0 amide bonds. The molecule has 0 atom stereocenters. The zero-order chi connectivity index (χ0) is 10.3. The van der Waals surface area contributed by atoms with Gasteiger partial charge in [-0.25, -0.2) is 0 Å². The van der Waals surface area contributed by atoms with Gasteiger partial charge < -0.3 is 15.4 Å². The molecule has 5 heteroatoms. The molecule has 1 aromatic rings. The molecular weight excluding hydrogens is 212 g/mol. The molecule has 0 aromatic heterocycles. The molecule has 0 unspecified atom stereocenters. The lowest BCUT2D eigenvalue weighted by Gasteiger charge is -2.22. The van der Waals surface area contributed by atoms with Crippen molar-refractivity contribution in [1.82, 2.24) is 0 Å². The summed E-state index contributed by atoms with van der Waals surface area (Å²) in [5.74, 6) is 0. The standard InChI is InChI=1S/C10H14BNO2.ClH/c1-10(2)9-7(6-12)4-3-5-8(9)11(13)14-10;/h3-5,13H,6,12H2,1-2H3;1H. The summed E-state index contributed by atoms with van der Waals surface area (Å²) >= 11 is 0. The van der Waals surface area contributed by atoms with Gasteiger partial charge in [-0.2, -0.15) is 0 Å². The summed E-state index contributed by atoms with van der Waals surface area (Å²) in [6.45, 7) is 4.37. The first-order valence-electron chi connectivity index (χ1n) is 4.74. The van der Waals surface area contributed by atoms with Crippen molar-refractivity contribution in [1.29, 1.82) is 0 Å². The summed E-state index contributed by atoms with van der Waals surface area (Å²) in [5.41, 5.74) is 8.14. The van der Waals surface area contributed by atoms with E-state index in [0.29, 0.717) is 6.54 Å². The molecule has 0 spiro atoms. The molecule has 82 valence electrons. The van der Waals surface area contributed by atoms with Gasteiger partial charge in [0.1, 0.15) is 0 Å². The van der Waals surface area contributed by atoms with Gasteiger partial charge in [-0.15, -0.1) is 12.4 Å². The van der Waals surface area contributed by atoms with Gasteiger partial charge >= 0.3 is 7.12 Å². The van der Waals surface area contributed by atoms with E-state index in [4.69, 9.17) is 10.4 Å². The molecule has 1 aliphatic heterocycles. The molecule has 3 nitrogen and oxygen atoms in total. The highest BCUT2D eigenvalue weighted by Gasteiger charge is 2.41. The average Bonchev–Trinajstić information content (AvgIpc) is 2.38. The van der Waals surface area contributed by atoms with Gasteiger partial charge in [-0.1, -0.05) is 18.2 Å². The number of halogens is 1. The molecular formula is C10H15BClNO2.